The normalized spacial score (nSPS) is 12.4. The van der Waals surface area contributed by atoms with Crippen molar-refractivity contribution in [1.29, 1.82) is 0 Å². The quantitative estimate of drug-likeness (QED) is 0.424. The summed E-state index contributed by atoms with van der Waals surface area (Å²) in [6, 6.07) is 1.16. The Hall–Kier alpha value is 0.327. The molecule has 0 heterocycles. The zero-order chi connectivity index (χ0) is 9.83. The summed E-state index contributed by atoms with van der Waals surface area (Å²) in [6.07, 6.45) is 1.67. The Labute approximate surface area is 80.8 Å². The second-order valence-corrected chi connectivity index (χ2v) is 11.8. The van der Waals surface area contributed by atoms with Crippen LogP contribution in [0.2, 0.25) is 25.7 Å². The molecule has 0 atom stereocenters. The van der Waals surface area contributed by atoms with Gasteiger partial charge in [-0.3, -0.25) is 4.57 Å². The first-order valence-corrected chi connectivity index (χ1v) is 9.76. The number of hydrogen-bond donors (Lipinski definition) is 2. The molecule has 0 spiro atoms. The second kappa shape index (κ2) is 5.93. The monoisotopic (exact) mass is 228 g/mol. The highest BCUT2D eigenvalue weighted by molar-refractivity contribution is 7.51. The van der Waals surface area contributed by atoms with Gasteiger partial charge in [-0.05, 0) is 6.42 Å². The summed E-state index contributed by atoms with van der Waals surface area (Å²) in [5, 5.41) is 0. The van der Waals surface area contributed by atoms with E-state index < -0.39 is 15.7 Å². The van der Waals surface area contributed by atoms with Gasteiger partial charge in [0.15, 0.2) is 0 Å². The van der Waals surface area contributed by atoms with Crippen LogP contribution in [0, 0.1) is 0 Å². The smallest absolute Gasteiger partial charge is 0.325 e. The van der Waals surface area contributed by atoms with Gasteiger partial charge < -0.3 is 15.3 Å². The molecule has 0 aromatic carbocycles. The molecule has 0 unspecified atom stereocenters. The molecule has 0 rings (SSSR count). The molecule has 0 aromatic heterocycles. The van der Waals surface area contributed by atoms with Crippen LogP contribution in [0.15, 0.2) is 0 Å². The van der Waals surface area contributed by atoms with Crippen LogP contribution in [0.1, 0.15) is 12.8 Å². The van der Waals surface area contributed by atoms with E-state index >= 15 is 0 Å². The van der Waals surface area contributed by atoms with Gasteiger partial charge in [0.25, 0.3) is 0 Å². The van der Waals surface area contributed by atoms with E-state index in [1.165, 1.54) is 0 Å². The minimum Gasteiger partial charge on any atom is -0.412 e. The molecule has 0 aliphatic heterocycles. The average molecular weight is 228 g/mol. The zero-order valence-electron chi connectivity index (χ0n) is 8.58. The predicted molar refractivity (Wildman–Crippen MR) is 57.9 cm³/mol. The number of rotatable bonds is 5. The van der Waals surface area contributed by atoms with Crippen LogP contribution in [0.3, 0.4) is 0 Å². The van der Waals surface area contributed by atoms with E-state index in [0.717, 1.165) is 12.5 Å². The van der Waals surface area contributed by atoms with Crippen LogP contribution >= 0.6 is 7.60 Å². The maximum absolute atomic E-state index is 10.5. The SMILES string of the molecule is C[Si](C)(C)CCCCP(=O)(O)O.O. The Kier molecular flexibility index (Phi) is 7.20. The number of unbranched alkanes of at least 4 members (excludes halogenated alkanes) is 1. The Balaban J connectivity index is 0. The van der Waals surface area contributed by atoms with Gasteiger partial charge in [-0.1, -0.05) is 32.1 Å². The van der Waals surface area contributed by atoms with Crippen molar-refractivity contribution in [3.8, 4) is 0 Å². The highest BCUT2D eigenvalue weighted by atomic mass is 31.2. The first-order valence-electron chi connectivity index (χ1n) is 4.25. The standard InChI is InChI=1S/C7H19O3PSi.H2O/c1-12(2,3)7-5-4-6-11(8,9)10;/h4-7H2,1-3H3,(H2,8,9,10);1H2. The van der Waals surface area contributed by atoms with Gasteiger partial charge in [0, 0.05) is 14.2 Å². The van der Waals surface area contributed by atoms with Gasteiger partial charge >= 0.3 is 7.60 Å². The maximum atomic E-state index is 10.5. The molecular formula is C7H21O4PSi. The molecule has 4 N–H and O–H groups in total. The Morgan fingerprint density at radius 3 is 1.92 bits per heavy atom. The summed E-state index contributed by atoms with van der Waals surface area (Å²) in [7, 11) is -4.74. The van der Waals surface area contributed by atoms with Crippen LogP contribution < -0.4 is 0 Å². The molecular weight excluding hydrogens is 207 g/mol. The third kappa shape index (κ3) is 15.1. The van der Waals surface area contributed by atoms with Crippen molar-refractivity contribution in [2.45, 2.75) is 38.5 Å². The highest BCUT2D eigenvalue weighted by Gasteiger charge is 2.15. The fourth-order valence-corrected chi connectivity index (χ4v) is 2.92. The fourth-order valence-electron chi connectivity index (χ4n) is 0.973. The van der Waals surface area contributed by atoms with Crippen LogP contribution in [-0.4, -0.2) is 29.5 Å². The van der Waals surface area contributed by atoms with Crippen LogP contribution in [0.4, 0.5) is 0 Å². The molecule has 0 saturated carbocycles. The van der Waals surface area contributed by atoms with Gasteiger partial charge in [0.05, 0.1) is 0 Å². The maximum Gasteiger partial charge on any atom is 0.325 e. The largest absolute Gasteiger partial charge is 0.412 e. The average Bonchev–Trinajstić information content (AvgIpc) is 1.76. The zero-order valence-corrected chi connectivity index (χ0v) is 10.5. The molecule has 0 amide bonds. The topological polar surface area (TPSA) is 89.0 Å². The number of hydrogen-bond acceptors (Lipinski definition) is 1. The first kappa shape index (κ1) is 15.8. The van der Waals surface area contributed by atoms with Crippen molar-refractivity contribution in [2.24, 2.45) is 0 Å². The molecule has 82 valence electrons. The third-order valence-corrected chi connectivity index (χ3v) is 4.38. The van der Waals surface area contributed by atoms with Gasteiger partial charge in [-0.2, -0.15) is 0 Å². The van der Waals surface area contributed by atoms with E-state index in [9.17, 15) is 4.57 Å². The van der Waals surface area contributed by atoms with E-state index in [4.69, 9.17) is 9.79 Å². The Bertz CT molecular complexity index is 172. The van der Waals surface area contributed by atoms with Crippen molar-refractivity contribution in [3.63, 3.8) is 0 Å². The lowest BCUT2D eigenvalue weighted by atomic mass is 10.4. The molecule has 0 aliphatic rings. The predicted octanol–water partition coefficient (Wildman–Crippen LogP) is 1.46. The molecule has 0 saturated heterocycles. The van der Waals surface area contributed by atoms with Gasteiger partial charge in [-0.25, -0.2) is 0 Å². The lowest BCUT2D eigenvalue weighted by Crippen LogP contribution is -2.18. The first-order chi connectivity index (χ1) is 5.21. The van der Waals surface area contributed by atoms with Crippen LogP contribution in [0.25, 0.3) is 0 Å². The van der Waals surface area contributed by atoms with E-state index in [1.807, 2.05) is 0 Å². The highest BCUT2D eigenvalue weighted by Crippen LogP contribution is 2.35. The van der Waals surface area contributed by atoms with Crippen molar-refractivity contribution in [3.05, 3.63) is 0 Å². The van der Waals surface area contributed by atoms with E-state index in [2.05, 4.69) is 19.6 Å². The van der Waals surface area contributed by atoms with E-state index in [-0.39, 0.29) is 11.6 Å². The van der Waals surface area contributed by atoms with Gasteiger partial charge in [-0.15, -0.1) is 0 Å². The molecule has 4 nitrogen and oxygen atoms in total. The van der Waals surface area contributed by atoms with Crippen molar-refractivity contribution in [2.75, 3.05) is 6.16 Å². The van der Waals surface area contributed by atoms with Gasteiger partial charge in [0.1, 0.15) is 0 Å². The van der Waals surface area contributed by atoms with E-state index in [1.54, 1.807) is 0 Å². The fraction of sp³-hybridized carbons (Fsp3) is 1.00. The molecule has 0 fully saturated rings. The minimum atomic E-state index is -3.73. The Morgan fingerprint density at radius 2 is 1.62 bits per heavy atom. The molecule has 0 aromatic rings. The van der Waals surface area contributed by atoms with Crippen molar-refractivity contribution in [1.82, 2.24) is 0 Å². The summed E-state index contributed by atoms with van der Waals surface area (Å²) >= 11 is 0. The Morgan fingerprint density at radius 1 is 1.15 bits per heavy atom. The third-order valence-electron chi connectivity index (χ3n) is 1.63. The molecule has 0 bridgehead atoms. The summed E-state index contributed by atoms with van der Waals surface area (Å²) in [5.41, 5.74) is 0. The summed E-state index contributed by atoms with van der Waals surface area (Å²) in [6.45, 7) is 6.81. The molecule has 0 aliphatic carbocycles. The minimum absolute atomic E-state index is 0. The summed E-state index contributed by atoms with van der Waals surface area (Å²) in [5.74, 6) is 0. The summed E-state index contributed by atoms with van der Waals surface area (Å²) < 4.78 is 10.5. The van der Waals surface area contributed by atoms with Crippen molar-refractivity contribution >= 4 is 15.7 Å². The summed E-state index contributed by atoms with van der Waals surface area (Å²) in [4.78, 5) is 17.1. The lowest BCUT2D eigenvalue weighted by molar-refractivity contribution is 0.371. The van der Waals surface area contributed by atoms with Crippen molar-refractivity contribution < 1.29 is 19.8 Å². The lowest BCUT2D eigenvalue weighted by Gasteiger charge is -2.14. The molecule has 0 radical (unpaired) electrons. The molecule has 6 heteroatoms. The van der Waals surface area contributed by atoms with Crippen LogP contribution in [0.5, 0.6) is 0 Å². The molecule has 13 heavy (non-hydrogen) atoms. The van der Waals surface area contributed by atoms with Gasteiger partial charge in [0.2, 0.25) is 0 Å². The van der Waals surface area contributed by atoms with E-state index in [0.29, 0.717) is 6.42 Å². The van der Waals surface area contributed by atoms with Crippen LogP contribution in [-0.2, 0) is 4.57 Å². The second-order valence-electron chi connectivity index (χ2n) is 4.41.